The number of halogens is 1. The number of hydrogen-bond acceptors (Lipinski definition) is 5. The van der Waals surface area contributed by atoms with Crippen LogP contribution in [-0.2, 0) is 19.1 Å². The van der Waals surface area contributed by atoms with Crippen LogP contribution in [0, 0.1) is 29.6 Å². The zero-order valence-electron chi connectivity index (χ0n) is 15.2. The molecule has 0 radical (unpaired) electrons. The Bertz CT molecular complexity index is 777. The average Bonchev–Trinajstić information content (AvgIpc) is 3.24. The molecule has 0 unspecified atom stereocenters. The summed E-state index contributed by atoms with van der Waals surface area (Å²) in [7, 11) is 0. The highest BCUT2D eigenvalue weighted by Gasteiger charge is 2.67. The van der Waals surface area contributed by atoms with Gasteiger partial charge in [0.2, 0.25) is 5.91 Å². The van der Waals surface area contributed by atoms with Crippen molar-refractivity contribution in [1.29, 1.82) is 0 Å². The minimum atomic E-state index is -0.378. The van der Waals surface area contributed by atoms with Crippen LogP contribution in [0.5, 0.6) is 0 Å². The lowest BCUT2D eigenvalue weighted by Gasteiger charge is -2.27. The number of benzene rings is 1. The van der Waals surface area contributed by atoms with E-state index in [2.05, 4.69) is 21.2 Å². The van der Waals surface area contributed by atoms with Gasteiger partial charge in [-0.1, -0.05) is 29.8 Å². The fourth-order valence-electron chi connectivity index (χ4n) is 4.57. The molecule has 1 aromatic rings. The third kappa shape index (κ3) is 3.16. The first-order valence-corrected chi connectivity index (χ1v) is 10.2. The Kier molecular flexibility index (Phi) is 4.74. The Morgan fingerprint density at radius 3 is 2.63 bits per heavy atom. The van der Waals surface area contributed by atoms with Crippen molar-refractivity contribution in [2.24, 2.45) is 29.6 Å². The number of hydrogen-bond donors (Lipinski definition) is 1. The molecule has 1 N–H and O–H groups in total. The highest BCUT2D eigenvalue weighted by Crippen LogP contribution is 2.60. The van der Waals surface area contributed by atoms with Crippen molar-refractivity contribution in [3.05, 3.63) is 29.8 Å². The van der Waals surface area contributed by atoms with Gasteiger partial charge in [0.05, 0.1) is 28.8 Å². The van der Waals surface area contributed by atoms with Gasteiger partial charge in [0.15, 0.2) is 0 Å². The molecule has 3 aliphatic rings. The normalized spacial score (nSPS) is 33.3. The van der Waals surface area contributed by atoms with Crippen molar-refractivity contribution in [2.45, 2.75) is 31.2 Å². The number of anilines is 1. The van der Waals surface area contributed by atoms with E-state index in [1.54, 1.807) is 24.3 Å². The molecule has 6 atom stereocenters. The summed E-state index contributed by atoms with van der Waals surface area (Å²) >= 11 is 3.61. The largest absolute Gasteiger partial charge is 0.462 e. The second kappa shape index (κ2) is 6.93. The number of ether oxygens (including phenoxy) is 2. The van der Waals surface area contributed by atoms with Crippen LogP contribution in [0.1, 0.15) is 30.6 Å². The van der Waals surface area contributed by atoms with Gasteiger partial charge in [0.25, 0.3) is 0 Å². The lowest BCUT2D eigenvalue weighted by atomic mass is 9.79. The highest BCUT2D eigenvalue weighted by atomic mass is 79.9. The number of amides is 1. The van der Waals surface area contributed by atoms with Crippen LogP contribution < -0.4 is 5.32 Å². The van der Waals surface area contributed by atoms with Gasteiger partial charge in [-0.25, -0.2) is 4.79 Å². The molecule has 2 saturated carbocycles. The average molecular weight is 436 g/mol. The monoisotopic (exact) mass is 435 g/mol. The summed E-state index contributed by atoms with van der Waals surface area (Å²) in [6, 6.07) is 6.62. The fraction of sp³-hybridized carbons (Fsp3) is 0.550. The van der Waals surface area contributed by atoms with Crippen LogP contribution in [-0.4, -0.2) is 35.4 Å². The van der Waals surface area contributed by atoms with E-state index in [1.165, 1.54) is 0 Å². The predicted molar refractivity (Wildman–Crippen MR) is 101 cm³/mol. The summed E-state index contributed by atoms with van der Waals surface area (Å²) in [5.41, 5.74) is 1.04. The summed E-state index contributed by atoms with van der Waals surface area (Å²) in [5, 5.41) is 2.89. The first kappa shape index (κ1) is 18.5. The number of alkyl halides is 1. The van der Waals surface area contributed by atoms with Crippen LogP contribution in [0.3, 0.4) is 0 Å². The smallest absolute Gasteiger partial charge is 0.338 e. The molecule has 1 aliphatic heterocycles. The van der Waals surface area contributed by atoms with Crippen molar-refractivity contribution in [3.63, 3.8) is 0 Å². The highest BCUT2D eigenvalue weighted by molar-refractivity contribution is 9.09. The Balaban J connectivity index is 1.42. The maximum Gasteiger partial charge on any atom is 0.338 e. The van der Waals surface area contributed by atoms with E-state index in [0.717, 1.165) is 6.42 Å². The summed E-state index contributed by atoms with van der Waals surface area (Å²) in [6.45, 7) is 4.32. The van der Waals surface area contributed by atoms with Crippen molar-refractivity contribution in [1.82, 2.24) is 0 Å². The summed E-state index contributed by atoms with van der Waals surface area (Å²) in [6.07, 6.45) is 0.753. The van der Waals surface area contributed by atoms with Crippen molar-refractivity contribution in [2.75, 3.05) is 11.9 Å². The Morgan fingerprint density at radius 1 is 1.26 bits per heavy atom. The summed E-state index contributed by atoms with van der Waals surface area (Å²) < 4.78 is 10.6. The van der Waals surface area contributed by atoms with Crippen LogP contribution in [0.4, 0.5) is 5.69 Å². The van der Waals surface area contributed by atoms with E-state index in [0.29, 0.717) is 17.9 Å². The topological polar surface area (TPSA) is 81.7 Å². The minimum absolute atomic E-state index is 0.0408. The molecular formula is C20H22BrNO5. The van der Waals surface area contributed by atoms with Gasteiger partial charge in [-0.15, -0.1) is 0 Å². The van der Waals surface area contributed by atoms with Gasteiger partial charge >= 0.3 is 11.9 Å². The van der Waals surface area contributed by atoms with Gasteiger partial charge in [-0.05, 0) is 42.5 Å². The Hall–Kier alpha value is -1.89. The zero-order chi connectivity index (χ0) is 19.3. The van der Waals surface area contributed by atoms with Crippen LogP contribution in [0.25, 0.3) is 0 Å². The molecule has 1 amide bonds. The van der Waals surface area contributed by atoms with Gasteiger partial charge < -0.3 is 14.8 Å². The van der Waals surface area contributed by atoms with E-state index in [-0.39, 0.29) is 58.4 Å². The zero-order valence-corrected chi connectivity index (χ0v) is 16.8. The van der Waals surface area contributed by atoms with Gasteiger partial charge in [-0.2, -0.15) is 0 Å². The van der Waals surface area contributed by atoms with Gasteiger partial charge in [-0.3, -0.25) is 9.59 Å². The first-order chi connectivity index (χ1) is 12.9. The summed E-state index contributed by atoms with van der Waals surface area (Å²) in [5.74, 6) is -0.976. The lowest BCUT2D eigenvalue weighted by molar-refractivity contribution is -0.145. The first-order valence-electron chi connectivity index (χ1n) is 9.29. The second-order valence-electron chi connectivity index (χ2n) is 8.02. The molecule has 1 heterocycles. The quantitative estimate of drug-likeness (QED) is 0.567. The Labute approximate surface area is 166 Å². The van der Waals surface area contributed by atoms with Crippen molar-refractivity contribution in [3.8, 4) is 0 Å². The Morgan fingerprint density at radius 2 is 1.96 bits per heavy atom. The van der Waals surface area contributed by atoms with Gasteiger partial charge in [0.1, 0.15) is 6.10 Å². The van der Waals surface area contributed by atoms with Crippen LogP contribution >= 0.6 is 15.9 Å². The molecule has 3 fully saturated rings. The van der Waals surface area contributed by atoms with E-state index in [9.17, 15) is 14.4 Å². The third-order valence-corrected chi connectivity index (χ3v) is 6.96. The molecule has 1 saturated heterocycles. The molecule has 7 heteroatoms. The standard InChI is InChI=1S/C20H22BrNO5/c1-9(2)8-26-19(24)10-3-5-11(6-4-10)22-18(23)14-12-7-13-15(14)20(25)27-17(13)16(12)21/h3-6,9,12-17H,7-8H2,1-2H3,(H,22,23)/t12-,13-,14-,15+,16+,17+/m1/s1. The maximum absolute atomic E-state index is 12.8. The molecule has 2 aliphatic carbocycles. The number of carbonyl (C=O) groups excluding carboxylic acids is 3. The minimum Gasteiger partial charge on any atom is -0.462 e. The molecular weight excluding hydrogens is 414 g/mol. The predicted octanol–water partition coefficient (Wildman–Crippen LogP) is 3.01. The molecule has 0 aromatic heterocycles. The van der Waals surface area contributed by atoms with E-state index in [1.807, 2.05) is 13.8 Å². The number of fused-ring (bicyclic) bond motifs is 1. The number of esters is 2. The van der Waals surface area contributed by atoms with Gasteiger partial charge in [0, 0.05) is 11.6 Å². The van der Waals surface area contributed by atoms with E-state index < -0.39 is 0 Å². The maximum atomic E-state index is 12.8. The second-order valence-corrected chi connectivity index (χ2v) is 9.08. The van der Waals surface area contributed by atoms with Crippen LogP contribution in [0.15, 0.2) is 24.3 Å². The molecule has 1 aromatic carbocycles. The van der Waals surface area contributed by atoms with E-state index >= 15 is 0 Å². The molecule has 6 nitrogen and oxygen atoms in total. The van der Waals surface area contributed by atoms with Crippen molar-refractivity contribution >= 4 is 39.5 Å². The molecule has 2 bridgehead atoms. The number of rotatable bonds is 5. The molecule has 4 rings (SSSR count). The third-order valence-electron chi connectivity index (χ3n) is 5.76. The van der Waals surface area contributed by atoms with Crippen molar-refractivity contribution < 1.29 is 23.9 Å². The summed E-state index contributed by atoms with van der Waals surface area (Å²) in [4.78, 5) is 37.0. The fourth-order valence-corrected chi connectivity index (χ4v) is 5.62. The van der Waals surface area contributed by atoms with E-state index in [4.69, 9.17) is 9.47 Å². The number of nitrogens with one attached hydrogen (secondary N) is 1. The SMILES string of the molecule is CC(C)COC(=O)c1ccc(NC(=O)[C@@H]2[C@H]3C[C@H]4[C@H](OC(=O)[C@@H]42)[C@H]3Br)cc1. The van der Waals surface area contributed by atoms with Crippen LogP contribution in [0.2, 0.25) is 0 Å². The molecule has 0 spiro atoms. The molecule has 144 valence electrons. The molecule has 27 heavy (non-hydrogen) atoms. The number of carbonyl (C=O) groups is 3. The lowest BCUT2D eigenvalue weighted by Crippen LogP contribution is -2.40.